The first-order chi connectivity index (χ1) is 16.7. The molecule has 1 fully saturated rings. The summed E-state index contributed by atoms with van der Waals surface area (Å²) in [6.07, 6.45) is 3.34. The standard InChI is InChI=1S/C29H26F6/c1-2-3-4-18-5-8-20(9-6-18)22-13-14-24-23(17-22)12-11-21(28(24)32)10-7-19-15-25(30)27(26(31)16-19)29(33,34)35/h11-18,20H,2-6,8-9H2,1H3. The highest BCUT2D eigenvalue weighted by molar-refractivity contribution is 5.85. The van der Waals surface area contributed by atoms with E-state index in [0.717, 1.165) is 24.1 Å². The zero-order chi connectivity index (χ0) is 25.2. The van der Waals surface area contributed by atoms with Crippen LogP contribution in [-0.4, -0.2) is 0 Å². The van der Waals surface area contributed by atoms with E-state index in [1.54, 1.807) is 12.1 Å². The lowest BCUT2D eigenvalue weighted by atomic mass is 9.77. The van der Waals surface area contributed by atoms with Crippen LogP contribution in [0.15, 0.2) is 42.5 Å². The SMILES string of the molecule is CCCCC1CCC(c2ccc3c(F)c(C#Cc4cc(F)c(C(F)(F)F)c(F)c4)ccc3c2)CC1. The molecule has 0 spiro atoms. The van der Waals surface area contributed by atoms with Gasteiger partial charge in [-0.3, -0.25) is 0 Å². The molecular weight excluding hydrogens is 462 g/mol. The first-order valence-electron chi connectivity index (χ1n) is 12.0. The average Bonchev–Trinajstić information content (AvgIpc) is 2.81. The predicted molar refractivity (Wildman–Crippen MR) is 125 cm³/mol. The number of alkyl halides is 3. The van der Waals surface area contributed by atoms with Crippen LogP contribution in [0.3, 0.4) is 0 Å². The minimum Gasteiger partial charge on any atom is -0.206 e. The van der Waals surface area contributed by atoms with E-state index in [1.165, 1.54) is 43.7 Å². The lowest BCUT2D eigenvalue weighted by molar-refractivity contribution is -0.142. The van der Waals surface area contributed by atoms with Gasteiger partial charge in [0.2, 0.25) is 0 Å². The van der Waals surface area contributed by atoms with E-state index in [-0.39, 0.29) is 11.1 Å². The molecule has 6 heteroatoms. The molecule has 0 heterocycles. The van der Waals surface area contributed by atoms with Crippen LogP contribution in [0.25, 0.3) is 10.8 Å². The van der Waals surface area contributed by atoms with Gasteiger partial charge in [0.15, 0.2) is 0 Å². The maximum absolute atomic E-state index is 15.1. The van der Waals surface area contributed by atoms with E-state index in [1.807, 2.05) is 12.1 Å². The molecule has 0 unspecified atom stereocenters. The minimum atomic E-state index is -5.15. The Balaban J connectivity index is 1.54. The van der Waals surface area contributed by atoms with Crippen LogP contribution < -0.4 is 0 Å². The number of benzene rings is 3. The van der Waals surface area contributed by atoms with Crippen molar-refractivity contribution in [1.29, 1.82) is 0 Å². The van der Waals surface area contributed by atoms with Crippen molar-refractivity contribution in [3.8, 4) is 11.8 Å². The highest BCUT2D eigenvalue weighted by Gasteiger charge is 2.37. The highest BCUT2D eigenvalue weighted by Crippen LogP contribution is 2.39. The Kier molecular flexibility index (Phi) is 7.44. The fourth-order valence-corrected chi connectivity index (χ4v) is 4.99. The van der Waals surface area contributed by atoms with Gasteiger partial charge in [0.1, 0.15) is 23.0 Å². The topological polar surface area (TPSA) is 0 Å². The Hall–Kier alpha value is -2.94. The predicted octanol–water partition coefficient (Wildman–Crippen LogP) is 9.14. The third-order valence-electron chi connectivity index (χ3n) is 6.93. The van der Waals surface area contributed by atoms with Gasteiger partial charge < -0.3 is 0 Å². The molecule has 184 valence electrons. The van der Waals surface area contributed by atoms with Crippen molar-refractivity contribution in [1.82, 2.24) is 0 Å². The Bertz CT molecular complexity index is 1250. The lowest BCUT2D eigenvalue weighted by Gasteiger charge is -2.29. The van der Waals surface area contributed by atoms with Crippen LogP contribution in [0, 0.1) is 35.2 Å². The summed E-state index contributed by atoms with van der Waals surface area (Å²) in [7, 11) is 0. The van der Waals surface area contributed by atoms with Crippen LogP contribution in [0.2, 0.25) is 0 Å². The van der Waals surface area contributed by atoms with E-state index >= 15 is 4.39 Å². The summed E-state index contributed by atoms with van der Waals surface area (Å²) in [4.78, 5) is 0. The molecule has 0 atom stereocenters. The van der Waals surface area contributed by atoms with Crippen molar-refractivity contribution in [3.05, 3.63) is 82.2 Å². The zero-order valence-electron chi connectivity index (χ0n) is 19.4. The van der Waals surface area contributed by atoms with Gasteiger partial charge in [-0.1, -0.05) is 62.3 Å². The van der Waals surface area contributed by atoms with Gasteiger partial charge in [0.05, 0.1) is 5.56 Å². The third-order valence-corrected chi connectivity index (χ3v) is 6.93. The normalized spacial score (nSPS) is 18.4. The van der Waals surface area contributed by atoms with Crippen LogP contribution >= 0.6 is 0 Å². The second-order valence-corrected chi connectivity index (χ2v) is 9.33. The average molecular weight is 489 g/mol. The molecule has 4 rings (SSSR count). The van der Waals surface area contributed by atoms with E-state index < -0.39 is 29.2 Å². The van der Waals surface area contributed by atoms with Crippen LogP contribution in [0.4, 0.5) is 26.3 Å². The van der Waals surface area contributed by atoms with Crippen molar-refractivity contribution >= 4 is 10.8 Å². The maximum atomic E-state index is 15.1. The molecule has 1 saturated carbocycles. The van der Waals surface area contributed by atoms with Crippen molar-refractivity contribution in [3.63, 3.8) is 0 Å². The van der Waals surface area contributed by atoms with Crippen LogP contribution in [0.5, 0.6) is 0 Å². The van der Waals surface area contributed by atoms with Gasteiger partial charge in [-0.25, -0.2) is 13.2 Å². The number of rotatable bonds is 4. The van der Waals surface area contributed by atoms with Crippen molar-refractivity contribution in [2.75, 3.05) is 0 Å². The fourth-order valence-electron chi connectivity index (χ4n) is 4.99. The number of halogens is 6. The summed E-state index contributed by atoms with van der Waals surface area (Å²) in [6.45, 7) is 2.21. The summed E-state index contributed by atoms with van der Waals surface area (Å²) in [5.74, 6) is 2.04. The molecule has 3 aromatic carbocycles. The lowest BCUT2D eigenvalue weighted by Crippen LogP contribution is -2.13. The van der Waals surface area contributed by atoms with Crippen LogP contribution in [-0.2, 0) is 6.18 Å². The summed E-state index contributed by atoms with van der Waals surface area (Å²) < 4.78 is 80.9. The van der Waals surface area contributed by atoms with Gasteiger partial charge in [0.25, 0.3) is 0 Å². The second-order valence-electron chi connectivity index (χ2n) is 9.33. The molecule has 0 amide bonds. The van der Waals surface area contributed by atoms with Gasteiger partial charge in [-0.05, 0) is 66.7 Å². The quantitative estimate of drug-likeness (QED) is 0.254. The summed E-state index contributed by atoms with van der Waals surface area (Å²) in [5.41, 5.74) is -1.08. The molecule has 0 saturated heterocycles. The molecule has 0 nitrogen and oxygen atoms in total. The maximum Gasteiger partial charge on any atom is 0.422 e. The zero-order valence-corrected chi connectivity index (χ0v) is 19.4. The molecule has 35 heavy (non-hydrogen) atoms. The Morgan fingerprint density at radius 1 is 0.857 bits per heavy atom. The number of fused-ring (bicyclic) bond motifs is 1. The fraction of sp³-hybridized carbons (Fsp3) is 0.379. The molecule has 0 aromatic heterocycles. The smallest absolute Gasteiger partial charge is 0.206 e. The molecule has 0 aliphatic heterocycles. The van der Waals surface area contributed by atoms with Crippen molar-refractivity contribution < 1.29 is 26.3 Å². The second kappa shape index (κ2) is 10.4. The molecule has 0 N–H and O–H groups in total. The van der Waals surface area contributed by atoms with Gasteiger partial charge >= 0.3 is 6.18 Å². The van der Waals surface area contributed by atoms with Gasteiger partial charge in [-0.15, -0.1) is 0 Å². The molecule has 3 aromatic rings. The van der Waals surface area contributed by atoms with Gasteiger partial charge in [0, 0.05) is 10.9 Å². The Labute approximate surface area is 201 Å². The highest BCUT2D eigenvalue weighted by atomic mass is 19.4. The third kappa shape index (κ3) is 5.66. The van der Waals surface area contributed by atoms with E-state index in [4.69, 9.17) is 0 Å². The first-order valence-corrected chi connectivity index (χ1v) is 12.0. The summed E-state index contributed by atoms with van der Waals surface area (Å²) in [5, 5.41) is 1.12. The van der Waals surface area contributed by atoms with Crippen molar-refractivity contribution in [2.24, 2.45) is 5.92 Å². The Morgan fingerprint density at radius 3 is 2.17 bits per heavy atom. The molecule has 1 aliphatic carbocycles. The van der Waals surface area contributed by atoms with Crippen molar-refractivity contribution in [2.45, 2.75) is 64.0 Å². The molecular formula is C29H26F6. The molecule has 1 aliphatic rings. The first kappa shape index (κ1) is 25.2. The van der Waals surface area contributed by atoms with E-state index in [2.05, 4.69) is 18.8 Å². The summed E-state index contributed by atoms with van der Waals surface area (Å²) in [6, 6.07) is 9.90. The van der Waals surface area contributed by atoms with Gasteiger partial charge in [-0.2, -0.15) is 13.2 Å². The largest absolute Gasteiger partial charge is 0.422 e. The van der Waals surface area contributed by atoms with E-state index in [0.29, 0.717) is 23.4 Å². The molecule has 0 radical (unpaired) electrons. The number of unbranched alkanes of at least 4 members (excludes halogenated alkanes) is 1. The van der Waals surface area contributed by atoms with Crippen LogP contribution in [0.1, 0.15) is 80.0 Å². The monoisotopic (exact) mass is 488 g/mol. The summed E-state index contributed by atoms with van der Waals surface area (Å²) >= 11 is 0. The Morgan fingerprint density at radius 2 is 1.54 bits per heavy atom. The minimum absolute atomic E-state index is 0.00222. The number of hydrogen-bond donors (Lipinski definition) is 0. The number of hydrogen-bond acceptors (Lipinski definition) is 0. The van der Waals surface area contributed by atoms with E-state index in [9.17, 15) is 22.0 Å². The molecule has 0 bridgehead atoms.